The van der Waals surface area contributed by atoms with Crippen molar-refractivity contribution in [1.82, 2.24) is 9.78 Å². The molecular weight excluding hydrogens is 401 g/mol. The van der Waals surface area contributed by atoms with Gasteiger partial charge in [0.2, 0.25) is 0 Å². The van der Waals surface area contributed by atoms with E-state index >= 15 is 0 Å². The second-order valence-electron chi connectivity index (χ2n) is 11.0. The summed E-state index contributed by atoms with van der Waals surface area (Å²) in [5, 5.41) is 15.2. The number of aliphatic hydroxyl groups is 1. The summed E-state index contributed by atoms with van der Waals surface area (Å²) >= 11 is 0. The Labute approximate surface area is 190 Å². The minimum absolute atomic E-state index is 0.0349. The summed E-state index contributed by atoms with van der Waals surface area (Å²) in [6.45, 7) is 10.0. The highest BCUT2D eigenvalue weighted by atomic mass is 19.1. The molecular formula is C27H36FN3O. The molecule has 1 aromatic heterocycles. The first-order valence-corrected chi connectivity index (χ1v) is 12.1. The van der Waals surface area contributed by atoms with E-state index in [1.165, 1.54) is 36.1 Å². The first-order chi connectivity index (χ1) is 15.3. The van der Waals surface area contributed by atoms with Crippen molar-refractivity contribution in [2.45, 2.75) is 52.4 Å². The average Bonchev–Trinajstić information content (AvgIpc) is 3.32. The molecule has 6 atom stereocenters. The average molecular weight is 438 g/mol. The van der Waals surface area contributed by atoms with Gasteiger partial charge in [0.15, 0.2) is 0 Å². The summed E-state index contributed by atoms with van der Waals surface area (Å²) in [5.74, 6) is 1.40. The smallest absolute Gasteiger partial charge is 0.125 e. The Bertz CT molecular complexity index is 1030. The van der Waals surface area contributed by atoms with E-state index in [1.807, 2.05) is 6.07 Å². The van der Waals surface area contributed by atoms with Gasteiger partial charge in [-0.25, -0.2) is 9.07 Å². The third kappa shape index (κ3) is 3.19. The number of nitrogens with two attached hydrogens (primary N) is 1. The van der Waals surface area contributed by atoms with E-state index < -0.39 is 0 Å². The monoisotopic (exact) mass is 437 g/mol. The lowest BCUT2D eigenvalue weighted by Gasteiger charge is -2.55. The van der Waals surface area contributed by atoms with Gasteiger partial charge in [-0.2, -0.15) is 5.10 Å². The fourth-order valence-electron chi connectivity index (χ4n) is 7.59. The zero-order chi connectivity index (χ0) is 22.7. The predicted octanol–water partition coefficient (Wildman–Crippen LogP) is 4.68. The van der Waals surface area contributed by atoms with Crippen molar-refractivity contribution < 1.29 is 9.50 Å². The van der Waals surface area contributed by atoms with E-state index in [1.54, 1.807) is 10.7 Å². The van der Waals surface area contributed by atoms with Crippen LogP contribution in [0.25, 0.3) is 5.69 Å². The van der Waals surface area contributed by atoms with Crippen LogP contribution < -0.4 is 5.73 Å². The quantitative estimate of drug-likeness (QED) is 0.683. The third-order valence-corrected chi connectivity index (χ3v) is 9.62. The molecule has 5 heteroatoms. The van der Waals surface area contributed by atoms with E-state index in [0.29, 0.717) is 24.3 Å². The molecule has 0 unspecified atom stereocenters. The summed E-state index contributed by atoms with van der Waals surface area (Å²) in [7, 11) is 0. The number of allylic oxidation sites excluding steroid dienone is 1. The van der Waals surface area contributed by atoms with Crippen LogP contribution in [-0.2, 0) is 12.8 Å². The molecule has 172 valence electrons. The van der Waals surface area contributed by atoms with Gasteiger partial charge < -0.3 is 10.8 Å². The molecule has 0 saturated heterocycles. The Morgan fingerprint density at radius 2 is 2.09 bits per heavy atom. The van der Waals surface area contributed by atoms with Crippen LogP contribution in [0.3, 0.4) is 0 Å². The fraction of sp³-hybridized carbons (Fsp3) is 0.593. The molecule has 0 radical (unpaired) electrons. The van der Waals surface area contributed by atoms with Gasteiger partial charge in [0, 0.05) is 12.8 Å². The maximum atomic E-state index is 13.8. The normalized spacial score (nSPS) is 36.7. The van der Waals surface area contributed by atoms with Crippen LogP contribution in [0.15, 0.2) is 42.6 Å². The SMILES string of the molecule is C=C1CC[C@H]2[C@H](CN)[C@@H]([C@@]3(C)Cc4cn(-c5cccc(F)c5)nc4C[C@@H]3CO)CC[C@]12C. The van der Waals surface area contributed by atoms with Crippen LogP contribution in [-0.4, -0.2) is 28.0 Å². The molecule has 3 N–H and O–H groups in total. The van der Waals surface area contributed by atoms with Crippen LogP contribution >= 0.6 is 0 Å². The molecule has 2 fully saturated rings. The standard InChI is InChI=1S/C27H36FN3O/c1-17-7-8-23-22(14-29)24(9-10-26(17,23)2)27(3)13-18-15-31(21-6-4-5-20(28)12-21)30-25(18)11-19(27)16-32/h4-6,12,15,19,22-24,32H,1,7-11,13-14,16,29H2,2-3H3/t19-,22+,23+,24+,26-,27+/m1/s1. The Morgan fingerprint density at radius 1 is 1.28 bits per heavy atom. The molecule has 1 aromatic carbocycles. The highest BCUT2D eigenvalue weighted by Gasteiger charge is 2.56. The topological polar surface area (TPSA) is 64.1 Å². The van der Waals surface area contributed by atoms with Gasteiger partial charge >= 0.3 is 0 Å². The third-order valence-electron chi connectivity index (χ3n) is 9.62. The van der Waals surface area contributed by atoms with Gasteiger partial charge in [0.05, 0.1) is 11.4 Å². The summed E-state index contributed by atoms with van der Waals surface area (Å²) in [6.07, 6.45) is 8.32. The van der Waals surface area contributed by atoms with E-state index in [4.69, 9.17) is 10.8 Å². The maximum absolute atomic E-state index is 13.8. The summed E-state index contributed by atoms with van der Waals surface area (Å²) in [5.41, 5.74) is 11.0. The van der Waals surface area contributed by atoms with Crippen LogP contribution in [0.5, 0.6) is 0 Å². The second-order valence-corrected chi connectivity index (χ2v) is 11.0. The fourth-order valence-corrected chi connectivity index (χ4v) is 7.59. The number of hydrogen-bond acceptors (Lipinski definition) is 3. The first kappa shape index (κ1) is 21.8. The number of hydrogen-bond donors (Lipinski definition) is 2. The first-order valence-electron chi connectivity index (χ1n) is 12.1. The number of aliphatic hydroxyl groups excluding tert-OH is 1. The predicted molar refractivity (Wildman–Crippen MR) is 125 cm³/mol. The molecule has 2 saturated carbocycles. The zero-order valence-electron chi connectivity index (χ0n) is 19.4. The zero-order valence-corrected chi connectivity index (χ0v) is 19.4. The number of rotatable bonds is 4. The van der Waals surface area contributed by atoms with Gasteiger partial charge in [-0.15, -0.1) is 0 Å². The molecule has 5 rings (SSSR count). The van der Waals surface area contributed by atoms with Crippen molar-refractivity contribution in [1.29, 1.82) is 0 Å². The number of halogens is 1. The number of aromatic nitrogens is 2. The molecule has 0 amide bonds. The Morgan fingerprint density at radius 3 is 2.81 bits per heavy atom. The van der Waals surface area contributed by atoms with Crippen molar-refractivity contribution >= 4 is 0 Å². The lowest BCUT2D eigenvalue weighted by atomic mass is 9.49. The summed E-state index contributed by atoms with van der Waals surface area (Å²) in [6, 6.07) is 6.56. The summed E-state index contributed by atoms with van der Waals surface area (Å²) < 4.78 is 15.6. The molecule has 32 heavy (non-hydrogen) atoms. The molecule has 3 aliphatic rings. The molecule has 3 aliphatic carbocycles. The highest BCUT2D eigenvalue weighted by Crippen LogP contribution is 2.62. The summed E-state index contributed by atoms with van der Waals surface area (Å²) in [4.78, 5) is 0. The van der Waals surface area contributed by atoms with E-state index in [0.717, 1.165) is 37.1 Å². The van der Waals surface area contributed by atoms with Crippen LogP contribution in [0.4, 0.5) is 4.39 Å². The lowest BCUT2D eigenvalue weighted by molar-refractivity contribution is -0.0536. The van der Waals surface area contributed by atoms with Gasteiger partial charge in [0.1, 0.15) is 5.82 Å². The van der Waals surface area contributed by atoms with Gasteiger partial charge in [-0.3, -0.25) is 0 Å². The largest absolute Gasteiger partial charge is 0.396 e. The lowest BCUT2D eigenvalue weighted by Crippen LogP contribution is -2.53. The van der Waals surface area contributed by atoms with Crippen molar-refractivity contribution in [3.05, 3.63) is 59.7 Å². The van der Waals surface area contributed by atoms with Crippen LogP contribution in [0.2, 0.25) is 0 Å². The van der Waals surface area contributed by atoms with Crippen molar-refractivity contribution in [2.24, 2.45) is 40.2 Å². The maximum Gasteiger partial charge on any atom is 0.125 e. The van der Waals surface area contributed by atoms with Gasteiger partial charge in [0.25, 0.3) is 0 Å². The van der Waals surface area contributed by atoms with Crippen LogP contribution in [0, 0.1) is 40.3 Å². The van der Waals surface area contributed by atoms with E-state index in [2.05, 4.69) is 26.6 Å². The minimum Gasteiger partial charge on any atom is -0.396 e. The second kappa shape index (κ2) is 7.81. The van der Waals surface area contributed by atoms with E-state index in [-0.39, 0.29) is 29.2 Å². The molecule has 0 bridgehead atoms. The number of fused-ring (bicyclic) bond motifs is 2. The molecule has 1 heterocycles. The van der Waals surface area contributed by atoms with E-state index in [9.17, 15) is 9.50 Å². The Hall–Kier alpha value is -1.98. The van der Waals surface area contributed by atoms with Crippen LogP contribution in [0.1, 0.15) is 50.8 Å². The molecule has 2 aromatic rings. The number of benzene rings is 1. The van der Waals surface area contributed by atoms with Crippen molar-refractivity contribution in [2.75, 3.05) is 13.2 Å². The van der Waals surface area contributed by atoms with Crippen molar-refractivity contribution in [3.63, 3.8) is 0 Å². The number of nitrogens with zero attached hydrogens (tertiary/aromatic N) is 2. The van der Waals surface area contributed by atoms with Crippen molar-refractivity contribution in [3.8, 4) is 5.69 Å². The molecule has 0 aliphatic heterocycles. The Balaban J connectivity index is 1.49. The highest BCUT2D eigenvalue weighted by molar-refractivity contribution is 5.35. The van der Waals surface area contributed by atoms with Gasteiger partial charge in [-0.05, 0) is 103 Å². The minimum atomic E-state index is -0.261. The molecule has 0 spiro atoms. The Kier molecular flexibility index (Phi) is 5.33. The van der Waals surface area contributed by atoms with Gasteiger partial charge in [-0.1, -0.05) is 32.1 Å². The molecule has 4 nitrogen and oxygen atoms in total.